The Morgan fingerprint density at radius 1 is 1.15 bits per heavy atom. The zero-order chi connectivity index (χ0) is 20.2. The van der Waals surface area contributed by atoms with Crippen LogP contribution in [-0.2, 0) is 10.0 Å². The van der Waals surface area contributed by atoms with Crippen LogP contribution in [0.2, 0.25) is 0 Å². The SMILES string of the molecule is CN(C)S(=O)(=O)c1cccc(NC(=S)NN=Cc2ccc(O)c(O)c2O)c1. The molecule has 0 fully saturated rings. The van der Waals surface area contributed by atoms with Gasteiger partial charge in [0.2, 0.25) is 15.8 Å². The first kappa shape index (κ1) is 20.4. The molecule has 0 atom stereocenters. The largest absolute Gasteiger partial charge is 0.504 e. The third kappa shape index (κ3) is 4.84. The number of nitrogens with one attached hydrogen (secondary N) is 2. The fourth-order valence-corrected chi connectivity index (χ4v) is 3.07. The van der Waals surface area contributed by atoms with Crippen LogP contribution in [0.15, 0.2) is 46.4 Å². The molecule has 0 unspecified atom stereocenters. The molecule has 11 heteroatoms. The standard InChI is InChI=1S/C16H18N4O5S2/c1-20(2)27(24,25)12-5-3-4-11(8-12)18-16(26)19-17-9-10-6-7-13(21)15(23)14(10)22/h3-9,21-23H,1-2H3,(H2,18,19,26). The van der Waals surface area contributed by atoms with Crippen molar-refractivity contribution in [1.82, 2.24) is 9.73 Å². The number of rotatable bonds is 5. The highest BCUT2D eigenvalue weighted by molar-refractivity contribution is 7.89. The van der Waals surface area contributed by atoms with Crippen LogP contribution in [0.25, 0.3) is 0 Å². The van der Waals surface area contributed by atoms with Crippen LogP contribution < -0.4 is 10.7 Å². The van der Waals surface area contributed by atoms with Gasteiger partial charge in [0.15, 0.2) is 16.6 Å². The highest BCUT2D eigenvalue weighted by Crippen LogP contribution is 2.36. The van der Waals surface area contributed by atoms with Crippen LogP contribution in [0.5, 0.6) is 17.2 Å². The van der Waals surface area contributed by atoms with Gasteiger partial charge < -0.3 is 20.6 Å². The smallest absolute Gasteiger partial charge is 0.242 e. The molecule has 0 heterocycles. The van der Waals surface area contributed by atoms with Crippen molar-refractivity contribution in [2.75, 3.05) is 19.4 Å². The lowest BCUT2D eigenvalue weighted by Gasteiger charge is -2.13. The molecule has 2 aromatic rings. The lowest BCUT2D eigenvalue weighted by molar-refractivity contribution is 0.367. The molecule has 0 aliphatic rings. The van der Waals surface area contributed by atoms with Gasteiger partial charge in [0, 0.05) is 25.3 Å². The fraction of sp³-hybridized carbons (Fsp3) is 0.125. The summed E-state index contributed by atoms with van der Waals surface area (Å²) in [6.45, 7) is 0. The Kier molecular flexibility index (Phi) is 6.20. The number of phenols is 3. The van der Waals surface area contributed by atoms with Crippen molar-refractivity contribution in [3.8, 4) is 17.2 Å². The second-order valence-electron chi connectivity index (χ2n) is 5.51. The minimum Gasteiger partial charge on any atom is -0.504 e. The Balaban J connectivity index is 2.06. The molecule has 144 valence electrons. The predicted molar refractivity (Wildman–Crippen MR) is 106 cm³/mol. The second kappa shape index (κ2) is 8.20. The minimum absolute atomic E-state index is 0.0770. The zero-order valence-corrected chi connectivity index (χ0v) is 16.0. The Morgan fingerprint density at radius 3 is 2.52 bits per heavy atom. The van der Waals surface area contributed by atoms with E-state index >= 15 is 0 Å². The Bertz CT molecular complexity index is 990. The first-order valence-electron chi connectivity index (χ1n) is 7.49. The van der Waals surface area contributed by atoms with E-state index in [0.29, 0.717) is 5.69 Å². The molecule has 0 aromatic heterocycles. The predicted octanol–water partition coefficient (Wildman–Crippen LogP) is 1.37. The molecule has 9 nitrogen and oxygen atoms in total. The Hall–Kier alpha value is -2.89. The van der Waals surface area contributed by atoms with E-state index in [0.717, 1.165) is 4.31 Å². The first-order valence-corrected chi connectivity index (χ1v) is 9.34. The van der Waals surface area contributed by atoms with Crippen molar-refractivity contribution in [2.45, 2.75) is 4.90 Å². The maximum Gasteiger partial charge on any atom is 0.242 e. The van der Waals surface area contributed by atoms with E-state index in [2.05, 4.69) is 15.8 Å². The highest BCUT2D eigenvalue weighted by Gasteiger charge is 2.17. The summed E-state index contributed by atoms with van der Waals surface area (Å²) in [7, 11) is -0.698. The first-order chi connectivity index (χ1) is 12.6. The normalized spacial score (nSPS) is 11.7. The number of benzene rings is 2. The van der Waals surface area contributed by atoms with Gasteiger partial charge in [-0.3, -0.25) is 5.43 Å². The fourth-order valence-electron chi connectivity index (χ4n) is 1.95. The summed E-state index contributed by atoms with van der Waals surface area (Å²) in [5, 5.41) is 35.1. The summed E-state index contributed by atoms with van der Waals surface area (Å²) in [5.41, 5.74) is 3.09. The number of aromatic hydroxyl groups is 3. The third-order valence-electron chi connectivity index (χ3n) is 3.40. The van der Waals surface area contributed by atoms with Gasteiger partial charge in [0.25, 0.3) is 0 Å². The van der Waals surface area contributed by atoms with Gasteiger partial charge >= 0.3 is 0 Å². The molecule has 0 saturated heterocycles. The van der Waals surface area contributed by atoms with E-state index < -0.39 is 27.3 Å². The minimum atomic E-state index is -3.57. The van der Waals surface area contributed by atoms with E-state index in [9.17, 15) is 23.7 Å². The lowest BCUT2D eigenvalue weighted by atomic mass is 10.2. The summed E-state index contributed by atoms with van der Waals surface area (Å²) in [5.74, 6) is -1.64. The van der Waals surface area contributed by atoms with Gasteiger partial charge in [-0.1, -0.05) is 6.07 Å². The molecule has 0 spiro atoms. The third-order valence-corrected chi connectivity index (χ3v) is 5.41. The van der Waals surface area contributed by atoms with Crippen LogP contribution in [0.3, 0.4) is 0 Å². The average molecular weight is 410 g/mol. The monoisotopic (exact) mass is 410 g/mol. The van der Waals surface area contributed by atoms with Crippen LogP contribution in [-0.4, -0.2) is 53.5 Å². The molecule has 0 amide bonds. The quantitative estimate of drug-likeness (QED) is 0.216. The van der Waals surface area contributed by atoms with Gasteiger partial charge in [-0.15, -0.1) is 0 Å². The van der Waals surface area contributed by atoms with Crippen molar-refractivity contribution in [3.05, 3.63) is 42.0 Å². The summed E-state index contributed by atoms with van der Waals surface area (Å²) in [4.78, 5) is 0.105. The second-order valence-corrected chi connectivity index (χ2v) is 8.07. The van der Waals surface area contributed by atoms with Crippen molar-refractivity contribution in [3.63, 3.8) is 0 Å². The van der Waals surface area contributed by atoms with Crippen LogP contribution in [0.4, 0.5) is 5.69 Å². The van der Waals surface area contributed by atoms with E-state index in [1.807, 2.05) is 0 Å². The molecule has 0 radical (unpaired) electrons. The number of sulfonamides is 1. The van der Waals surface area contributed by atoms with E-state index in [1.165, 1.54) is 44.6 Å². The van der Waals surface area contributed by atoms with Crippen molar-refractivity contribution >= 4 is 39.3 Å². The molecule has 0 saturated carbocycles. The number of nitrogens with zero attached hydrogens (tertiary/aromatic N) is 2. The molecule has 27 heavy (non-hydrogen) atoms. The number of hydrogen-bond acceptors (Lipinski definition) is 7. The van der Waals surface area contributed by atoms with Crippen molar-refractivity contribution in [1.29, 1.82) is 0 Å². The summed E-state index contributed by atoms with van der Waals surface area (Å²) in [6, 6.07) is 8.65. The molecule has 0 bridgehead atoms. The molecule has 5 N–H and O–H groups in total. The van der Waals surface area contributed by atoms with Crippen molar-refractivity contribution in [2.24, 2.45) is 5.10 Å². The average Bonchev–Trinajstić information content (AvgIpc) is 2.61. The van der Waals surface area contributed by atoms with Gasteiger partial charge in [0.1, 0.15) is 0 Å². The van der Waals surface area contributed by atoms with E-state index in [1.54, 1.807) is 12.1 Å². The number of hydrazone groups is 1. The number of hydrogen-bond donors (Lipinski definition) is 5. The Labute approximate surface area is 161 Å². The maximum atomic E-state index is 12.1. The molecule has 0 aliphatic carbocycles. The Morgan fingerprint density at radius 2 is 1.85 bits per heavy atom. The van der Waals surface area contributed by atoms with Gasteiger partial charge in [-0.25, -0.2) is 12.7 Å². The maximum absolute atomic E-state index is 12.1. The topological polar surface area (TPSA) is 134 Å². The van der Waals surface area contributed by atoms with Gasteiger partial charge in [-0.2, -0.15) is 5.10 Å². The van der Waals surface area contributed by atoms with Gasteiger partial charge in [0.05, 0.1) is 11.1 Å². The highest BCUT2D eigenvalue weighted by atomic mass is 32.2. The van der Waals surface area contributed by atoms with Gasteiger partial charge in [-0.05, 0) is 42.5 Å². The molecule has 2 rings (SSSR count). The zero-order valence-electron chi connectivity index (χ0n) is 14.4. The number of thiocarbonyl (C=S) groups is 1. The molecular weight excluding hydrogens is 392 g/mol. The summed E-state index contributed by atoms with van der Waals surface area (Å²) >= 11 is 5.07. The van der Waals surface area contributed by atoms with Crippen LogP contribution in [0, 0.1) is 0 Å². The summed E-state index contributed by atoms with van der Waals surface area (Å²) in [6.07, 6.45) is 1.19. The number of phenolic OH excluding ortho intramolecular Hbond substituents is 3. The molecular formula is C16H18N4O5S2. The van der Waals surface area contributed by atoms with Crippen molar-refractivity contribution < 1.29 is 23.7 Å². The van der Waals surface area contributed by atoms with E-state index in [4.69, 9.17) is 12.2 Å². The lowest BCUT2D eigenvalue weighted by Crippen LogP contribution is -2.25. The van der Waals surface area contributed by atoms with Crippen LogP contribution in [0.1, 0.15) is 5.56 Å². The van der Waals surface area contributed by atoms with E-state index in [-0.39, 0.29) is 15.6 Å². The number of anilines is 1. The molecule has 2 aromatic carbocycles. The van der Waals surface area contributed by atoms with Crippen LogP contribution >= 0.6 is 12.2 Å². The molecule has 0 aliphatic heterocycles. The summed E-state index contributed by atoms with van der Waals surface area (Å²) < 4.78 is 25.4.